The summed E-state index contributed by atoms with van der Waals surface area (Å²) in [5.74, 6) is -0.101. The first-order chi connectivity index (χ1) is 12.5. The summed E-state index contributed by atoms with van der Waals surface area (Å²) in [5.41, 5.74) is 6.85. The standard InChI is InChI=1S/C22H25N3O/c1-5-11-23-22(26)21-14-20(18-10-9-16(3)17(4)13-18)24-25(21)19-8-6-7-15(2)12-19/h6-10,12-14H,5,11H2,1-4H3,(H,23,26). The van der Waals surface area contributed by atoms with Crippen molar-refractivity contribution in [3.8, 4) is 16.9 Å². The first kappa shape index (κ1) is 17.9. The number of hydrogen-bond donors (Lipinski definition) is 1. The quantitative estimate of drug-likeness (QED) is 0.733. The highest BCUT2D eigenvalue weighted by Gasteiger charge is 2.17. The molecule has 0 fully saturated rings. The summed E-state index contributed by atoms with van der Waals surface area (Å²) >= 11 is 0. The van der Waals surface area contributed by atoms with Gasteiger partial charge >= 0.3 is 0 Å². The summed E-state index contributed by atoms with van der Waals surface area (Å²) in [4.78, 5) is 12.7. The van der Waals surface area contributed by atoms with E-state index in [-0.39, 0.29) is 5.91 Å². The molecule has 0 aliphatic rings. The molecular formula is C22H25N3O. The van der Waals surface area contributed by atoms with E-state index < -0.39 is 0 Å². The number of aryl methyl sites for hydroxylation is 3. The van der Waals surface area contributed by atoms with Crippen molar-refractivity contribution in [3.63, 3.8) is 0 Å². The van der Waals surface area contributed by atoms with E-state index in [1.54, 1.807) is 4.68 Å². The summed E-state index contributed by atoms with van der Waals surface area (Å²) in [7, 11) is 0. The lowest BCUT2D eigenvalue weighted by atomic mass is 10.0. The van der Waals surface area contributed by atoms with Crippen LogP contribution in [0.2, 0.25) is 0 Å². The lowest BCUT2D eigenvalue weighted by Gasteiger charge is -2.08. The molecule has 3 rings (SSSR count). The number of nitrogens with zero attached hydrogens (tertiary/aromatic N) is 2. The Balaban J connectivity index is 2.10. The van der Waals surface area contributed by atoms with Gasteiger partial charge in [-0.15, -0.1) is 0 Å². The maximum absolute atomic E-state index is 12.7. The molecule has 0 saturated heterocycles. The Bertz CT molecular complexity index is 940. The predicted octanol–water partition coefficient (Wildman–Crippen LogP) is 4.60. The number of amides is 1. The first-order valence-corrected chi connectivity index (χ1v) is 9.02. The molecule has 1 N–H and O–H groups in total. The molecule has 4 heteroatoms. The summed E-state index contributed by atoms with van der Waals surface area (Å²) in [6.45, 7) is 8.91. The second-order valence-electron chi connectivity index (χ2n) is 6.72. The van der Waals surface area contributed by atoms with E-state index in [2.05, 4.69) is 37.4 Å². The normalized spacial score (nSPS) is 10.8. The van der Waals surface area contributed by atoms with Gasteiger partial charge in [0.1, 0.15) is 5.69 Å². The van der Waals surface area contributed by atoms with Gasteiger partial charge in [0.2, 0.25) is 0 Å². The van der Waals surface area contributed by atoms with E-state index in [9.17, 15) is 4.79 Å². The Morgan fingerprint density at radius 3 is 2.54 bits per heavy atom. The second kappa shape index (κ2) is 7.56. The number of aromatic nitrogens is 2. The molecule has 26 heavy (non-hydrogen) atoms. The van der Waals surface area contributed by atoms with Gasteiger partial charge in [0.15, 0.2) is 0 Å². The maximum Gasteiger partial charge on any atom is 0.270 e. The van der Waals surface area contributed by atoms with E-state index in [0.717, 1.165) is 28.9 Å². The van der Waals surface area contributed by atoms with Crippen molar-refractivity contribution in [2.45, 2.75) is 34.1 Å². The molecule has 0 atom stereocenters. The lowest BCUT2D eigenvalue weighted by molar-refractivity contribution is 0.0946. The van der Waals surface area contributed by atoms with Crippen LogP contribution in [0.3, 0.4) is 0 Å². The van der Waals surface area contributed by atoms with E-state index in [1.807, 2.05) is 44.2 Å². The Kier molecular flexibility index (Phi) is 5.21. The molecule has 0 unspecified atom stereocenters. The topological polar surface area (TPSA) is 46.9 Å². The minimum Gasteiger partial charge on any atom is -0.351 e. The lowest BCUT2D eigenvalue weighted by Crippen LogP contribution is -2.26. The Morgan fingerprint density at radius 2 is 1.85 bits per heavy atom. The molecule has 0 saturated carbocycles. The average Bonchev–Trinajstić information content (AvgIpc) is 3.07. The first-order valence-electron chi connectivity index (χ1n) is 9.02. The zero-order valence-corrected chi connectivity index (χ0v) is 15.8. The fourth-order valence-corrected chi connectivity index (χ4v) is 2.87. The molecule has 0 spiro atoms. The van der Waals surface area contributed by atoms with Crippen molar-refractivity contribution in [1.29, 1.82) is 0 Å². The zero-order chi connectivity index (χ0) is 18.7. The molecular weight excluding hydrogens is 322 g/mol. The highest BCUT2D eigenvalue weighted by Crippen LogP contribution is 2.24. The van der Waals surface area contributed by atoms with Crippen LogP contribution in [0.5, 0.6) is 0 Å². The van der Waals surface area contributed by atoms with Crippen LogP contribution >= 0.6 is 0 Å². The van der Waals surface area contributed by atoms with Crippen LogP contribution in [0, 0.1) is 20.8 Å². The Labute approximate surface area is 154 Å². The molecule has 0 aliphatic heterocycles. The van der Waals surface area contributed by atoms with Crippen molar-refractivity contribution < 1.29 is 4.79 Å². The van der Waals surface area contributed by atoms with E-state index in [4.69, 9.17) is 5.10 Å². The van der Waals surface area contributed by atoms with Gasteiger partial charge in [0.25, 0.3) is 5.91 Å². The molecule has 4 nitrogen and oxygen atoms in total. The molecule has 0 aliphatic carbocycles. The predicted molar refractivity (Wildman–Crippen MR) is 106 cm³/mol. The average molecular weight is 347 g/mol. The van der Waals surface area contributed by atoms with Crippen molar-refractivity contribution in [3.05, 3.63) is 70.9 Å². The summed E-state index contributed by atoms with van der Waals surface area (Å²) < 4.78 is 1.74. The molecule has 1 aromatic heterocycles. The number of rotatable bonds is 5. The van der Waals surface area contributed by atoms with Gasteiger partial charge in [-0.1, -0.05) is 31.2 Å². The van der Waals surface area contributed by atoms with Crippen LogP contribution in [0.25, 0.3) is 16.9 Å². The van der Waals surface area contributed by atoms with Gasteiger partial charge in [0, 0.05) is 12.1 Å². The van der Waals surface area contributed by atoms with Crippen LogP contribution in [0.4, 0.5) is 0 Å². The van der Waals surface area contributed by atoms with Gasteiger partial charge in [0.05, 0.1) is 11.4 Å². The van der Waals surface area contributed by atoms with Gasteiger partial charge in [-0.05, 0) is 68.1 Å². The van der Waals surface area contributed by atoms with Crippen molar-refractivity contribution in [2.75, 3.05) is 6.54 Å². The monoisotopic (exact) mass is 347 g/mol. The highest BCUT2D eigenvalue weighted by molar-refractivity contribution is 5.94. The molecule has 3 aromatic rings. The van der Waals surface area contributed by atoms with Gasteiger partial charge in [-0.25, -0.2) is 4.68 Å². The third-order valence-electron chi connectivity index (χ3n) is 4.53. The third-order valence-corrected chi connectivity index (χ3v) is 4.53. The Morgan fingerprint density at radius 1 is 1.04 bits per heavy atom. The van der Waals surface area contributed by atoms with Crippen molar-refractivity contribution >= 4 is 5.91 Å². The number of carbonyl (C=O) groups is 1. The van der Waals surface area contributed by atoms with Crippen molar-refractivity contribution in [1.82, 2.24) is 15.1 Å². The van der Waals surface area contributed by atoms with Crippen LogP contribution in [0.15, 0.2) is 48.5 Å². The van der Waals surface area contributed by atoms with Crippen LogP contribution < -0.4 is 5.32 Å². The largest absolute Gasteiger partial charge is 0.351 e. The third kappa shape index (κ3) is 3.69. The number of benzene rings is 2. The second-order valence-corrected chi connectivity index (χ2v) is 6.72. The molecule has 134 valence electrons. The van der Waals surface area contributed by atoms with E-state index in [0.29, 0.717) is 12.2 Å². The maximum atomic E-state index is 12.7. The van der Waals surface area contributed by atoms with E-state index >= 15 is 0 Å². The zero-order valence-electron chi connectivity index (χ0n) is 15.8. The molecule has 0 radical (unpaired) electrons. The molecule has 0 bridgehead atoms. The number of carbonyl (C=O) groups excluding carboxylic acids is 1. The SMILES string of the molecule is CCCNC(=O)c1cc(-c2ccc(C)c(C)c2)nn1-c1cccc(C)c1. The van der Waals surface area contributed by atoms with E-state index in [1.165, 1.54) is 11.1 Å². The van der Waals surface area contributed by atoms with Crippen LogP contribution in [-0.4, -0.2) is 22.2 Å². The fourth-order valence-electron chi connectivity index (χ4n) is 2.87. The fraction of sp³-hybridized carbons (Fsp3) is 0.273. The van der Waals surface area contributed by atoms with Crippen LogP contribution in [-0.2, 0) is 0 Å². The summed E-state index contributed by atoms with van der Waals surface area (Å²) in [5, 5.41) is 7.71. The summed E-state index contributed by atoms with van der Waals surface area (Å²) in [6, 6.07) is 16.2. The molecule has 1 heterocycles. The minimum atomic E-state index is -0.101. The van der Waals surface area contributed by atoms with Gasteiger partial charge < -0.3 is 5.32 Å². The van der Waals surface area contributed by atoms with Crippen molar-refractivity contribution in [2.24, 2.45) is 0 Å². The smallest absolute Gasteiger partial charge is 0.270 e. The molecule has 1 amide bonds. The van der Waals surface area contributed by atoms with Gasteiger partial charge in [-0.2, -0.15) is 5.10 Å². The highest BCUT2D eigenvalue weighted by atomic mass is 16.2. The summed E-state index contributed by atoms with van der Waals surface area (Å²) in [6.07, 6.45) is 0.897. The number of nitrogens with one attached hydrogen (secondary N) is 1. The van der Waals surface area contributed by atoms with Gasteiger partial charge in [-0.3, -0.25) is 4.79 Å². The molecule has 2 aromatic carbocycles. The minimum absolute atomic E-state index is 0.101. The number of hydrogen-bond acceptors (Lipinski definition) is 2. The Hall–Kier alpha value is -2.88. The van der Waals surface area contributed by atoms with Crippen LogP contribution in [0.1, 0.15) is 40.5 Å².